The maximum atomic E-state index is 12.7. The first kappa shape index (κ1) is 16.8. The molecule has 3 rings (SSSR count). The van der Waals surface area contributed by atoms with E-state index in [1.807, 2.05) is 71.6 Å². The fraction of sp³-hybridized carbons (Fsp3) is 0.136. The maximum Gasteiger partial charge on any atom is 0.246 e. The van der Waals surface area contributed by atoms with Gasteiger partial charge in [0.1, 0.15) is 5.76 Å². The largest absolute Gasteiger partial charge is 0.467 e. The molecule has 0 unspecified atom stereocenters. The van der Waals surface area contributed by atoms with E-state index >= 15 is 0 Å². The standard InChI is InChI=1S/C22H21NO2/c24-22(14-13-19-8-3-1-4-9-19)23(18-21-12-7-17-25-21)16-15-20-10-5-2-6-11-20/h1-14,17H,15-16,18H2. The summed E-state index contributed by atoms with van der Waals surface area (Å²) in [5, 5.41) is 0. The molecular weight excluding hydrogens is 310 g/mol. The minimum absolute atomic E-state index is 0.0174. The van der Waals surface area contributed by atoms with Crippen LogP contribution in [0.4, 0.5) is 0 Å². The number of furan rings is 1. The molecule has 0 saturated heterocycles. The number of carbonyl (C=O) groups is 1. The molecule has 1 amide bonds. The zero-order chi connectivity index (χ0) is 17.3. The van der Waals surface area contributed by atoms with E-state index in [0.717, 1.165) is 17.7 Å². The van der Waals surface area contributed by atoms with Gasteiger partial charge in [0.05, 0.1) is 12.8 Å². The Morgan fingerprint density at radius 1 is 0.920 bits per heavy atom. The van der Waals surface area contributed by atoms with E-state index in [1.165, 1.54) is 5.56 Å². The van der Waals surface area contributed by atoms with Crippen molar-refractivity contribution in [2.45, 2.75) is 13.0 Å². The summed E-state index contributed by atoms with van der Waals surface area (Å²) in [5.41, 5.74) is 2.23. The van der Waals surface area contributed by atoms with Crippen molar-refractivity contribution in [1.29, 1.82) is 0 Å². The van der Waals surface area contributed by atoms with Crippen LogP contribution in [0.15, 0.2) is 89.6 Å². The van der Waals surface area contributed by atoms with Gasteiger partial charge in [0.2, 0.25) is 5.91 Å². The van der Waals surface area contributed by atoms with Crippen molar-refractivity contribution in [3.8, 4) is 0 Å². The molecule has 3 aromatic rings. The van der Waals surface area contributed by atoms with Crippen molar-refractivity contribution in [2.75, 3.05) is 6.54 Å². The van der Waals surface area contributed by atoms with Crippen LogP contribution in [0.25, 0.3) is 6.08 Å². The van der Waals surface area contributed by atoms with Crippen LogP contribution in [0.3, 0.4) is 0 Å². The molecule has 3 nitrogen and oxygen atoms in total. The van der Waals surface area contributed by atoms with Crippen molar-refractivity contribution in [3.63, 3.8) is 0 Å². The third-order valence-corrected chi connectivity index (χ3v) is 3.97. The summed E-state index contributed by atoms with van der Waals surface area (Å²) in [5.74, 6) is 0.769. The third kappa shape index (κ3) is 5.21. The zero-order valence-corrected chi connectivity index (χ0v) is 14.0. The van der Waals surface area contributed by atoms with Gasteiger partial charge in [-0.2, -0.15) is 0 Å². The second-order valence-corrected chi connectivity index (χ2v) is 5.82. The number of rotatable bonds is 7. The summed E-state index contributed by atoms with van der Waals surface area (Å²) in [6, 6.07) is 23.8. The van der Waals surface area contributed by atoms with E-state index in [0.29, 0.717) is 13.1 Å². The Kier molecular flexibility index (Phi) is 5.83. The highest BCUT2D eigenvalue weighted by atomic mass is 16.3. The van der Waals surface area contributed by atoms with Gasteiger partial charge in [-0.3, -0.25) is 4.79 Å². The summed E-state index contributed by atoms with van der Waals surface area (Å²) >= 11 is 0. The number of hydrogen-bond acceptors (Lipinski definition) is 2. The Bertz CT molecular complexity index is 793. The molecule has 3 heteroatoms. The molecule has 0 aliphatic heterocycles. The van der Waals surface area contributed by atoms with Gasteiger partial charge in [-0.05, 0) is 35.8 Å². The van der Waals surface area contributed by atoms with Crippen LogP contribution in [0, 0.1) is 0 Å². The lowest BCUT2D eigenvalue weighted by Gasteiger charge is -2.20. The van der Waals surface area contributed by atoms with Gasteiger partial charge in [0.15, 0.2) is 0 Å². The fourth-order valence-corrected chi connectivity index (χ4v) is 2.60. The number of hydrogen-bond donors (Lipinski definition) is 0. The van der Waals surface area contributed by atoms with Crippen LogP contribution >= 0.6 is 0 Å². The Balaban J connectivity index is 1.68. The quantitative estimate of drug-likeness (QED) is 0.595. The van der Waals surface area contributed by atoms with Gasteiger partial charge >= 0.3 is 0 Å². The number of benzene rings is 2. The normalized spacial score (nSPS) is 10.9. The van der Waals surface area contributed by atoms with Gasteiger partial charge in [0, 0.05) is 12.6 Å². The summed E-state index contributed by atoms with van der Waals surface area (Å²) < 4.78 is 5.41. The first-order valence-electron chi connectivity index (χ1n) is 8.39. The summed E-state index contributed by atoms with van der Waals surface area (Å²) in [7, 11) is 0. The lowest BCUT2D eigenvalue weighted by atomic mass is 10.1. The SMILES string of the molecule is O=C(C=Cc1ccccc1)N(CCc1ccccc1)Cc1ccco1. The molecule has 0 saturated carbocycles. The molecule has 126 valence electrons. The lowest BCUT2D eigenvalue weighted by Crippen LogP contribution is -2.30. The Labute approximate surface area is 148 Å². The molecule has 0 aliphatic carbocycles. The Hall–Kier alpha value is -3.07. The second-order valence-electron chi connectivity index (χ2n) is 5.82. The molecule has 0 fully saturated rings. The molecule has 0 bridgehead atoms. The van der Waals surface area contributed by atoms with Gasteiger partial charge in [0.25, 0.3) is 0 Å². The van der Waals surface area contributed by atoms with E-state index in [9.17, 15) is 4.79 Å². The van der Waals surface area contributed by atoms with Crippen LogP contribution in [0.1, 0.15) is 16.9 Å². The van der Waals surface area contributed by atoms with Gasteiger partial charge < -0.3 is 9.32 Å². The molecule has 25 heavy (non-hydrogen) atoms. The highest BCUT2D eigenvalue weighted by Crippen LogP contribution is 2.10. The van der Waals surface area contributed by atoms with Crippen molar-refractivity contribution in [2.24, 2.45) is 0 Å². The first-order valence-corrected chi connectivity index (χ1v) is 8.39. The van der Waals surface area contributed by atoms with Gasteiger partial charge in [-0.15, -0.1) is 0 Å². The molecular formula is C22H21NO2. The Morgan fingerprint density at radius 3 is 2.32 bits per heavy atom. The molecule has 0 radical (unpaired) electrons. The van der Waals surface area contributed by atoms with Gasteiger partial charge in [-0.25, -0.2) is 0 Å². The maximum absolute atomic E-state index is 12.7. The third-order valence-electron chi connectivity index (χ3n) is 3.97. The van der Waals surface area contributed by atoms with E-state index in [1.54, 1.807) is 12.3 Å². The molecule has 0 atom stereocenters. The van der Waals surface area contributed by atoms with Crippen LogP contribution in [-0.2, 0) is 17.8 Å². The lowest BCUT2D eigenvalue weighted by molar-refractivity contribution is -0.126. The second kappa shape index (κ2) is 8.69. The fourth-order valence-electron chi connectivity index (χ4n) is 2.60. The van der Waals surface area contributed by atoms with Crippen LogP contribution < -0.4 is 0 Å². The number of amides is 1. The van der Waals surface area contributed by atoms with Crippen molar-refractivity contribution in [1.82, 2.24) is 4.90 Å². The number of nitrogens with zero attached hydrogens (tertiary/aromatic N) is 1. The predicted octanol–water partition coefficient (Wildman–Crippen LogP) is 4.56. The molecule has 2 aromatic carbocycles. The highest BCUT2D eigenvalue weighted by molar-refractivity contribution is 5.91. The first-order chi connectivity index (χ1) is 12.3. The molecule has 1 heterocycles. The van der Waals surface area contributed by atoms with Crippen molar-refractivity contribution in [3.05, 3.63) is 102 Å². The van der Waals surface area contributed by atoms with Crippen molar-refractivity contribution < 1.29 is 9.21 Å². The van der Waals surface area contributed by atoms with Crippen LogP contribution in [0.5, 0.6) is 0 Å². The average molecular weight is 331 g/mol. The van der Waals surface area contributed by atoms with Crippen LogP contribution in [-0.4, -0.2) is 17.4 Å². The van der Waals surface area contributed by atoms with E-state index < -0.39 is 0 Å². The summed E-state index contributed by atoms with van der Waals surface area (Å²) in [4.78, 5) is 14.5. The molecule has 1 aromatic heterocycles. The predicted molar refractivity (Wildman–Crippen MR) is 99.7 cm³/mol. The van der Waals surface area contributed by atoms with E-state index in [2.05, 4.69) is 12.1 Å². The molecule has 0 spiro atoms. The molecule has 0 aliphatic rings. The molecule has 0 N–H and O–H groups in total. The monoisotopic (exact) mass is 331 g/mol. The Morgan fingerprint density at radius 2 is 1.64 bits per heavy atom. The van der Waals surface area contributed by atoms with Gasteiger partial charge in [-0.1, -0.05) is 60.7 Å². The summed E-state index contributed by atoms with van der Waals surface area (Å²) in [6.45, 7) is 1.11. The zero-order valence-electron chi connectivity index (χ0n) is 14.0. The van der Waals surface area contributed by atoms with E-state index in [4.69, 9.17) is 4.42 Å². The highest BCUT2D eigenvalue weighted by Gasteiger charge is 2.13. The summed E-state index contributed by atoms with van der Waals surface area (Å²) in [6.07, 6.45) is 5.92. The minimum atomic E-state index is -0.0174. The minimum Gasteiger partial charge on any atom is -0.467 e. The van der Waals surface area contributed by atoms with Crippen LogP contribution in [0.2, 0.25) is 0 Å². The number of carbonyl (C=O) groups excluding carboxylic acids is 1. The topological polar surface area (TPSA) is 33.5 Å². The smallest absolute Gasteiger partial charge is 0.246 e. The van der Waals surface area contributed by atoms with E-state index in [-0.39, 0.29) is 5.91 Å². The van der Waals surface area contributed by atoms with Crippen molar-refractivity contribution >= 4 is 12.0 Å². The average Bonchev–Trinajstić information content (AvgIpc) is 3.18.